The summed E-state index contributed by atoms with van der Waals surface area (Å²) in [4.78, 5) is 9.78. The van der Waals surface area contributed by atoms with Crippen LogP contribution in [0.4, 0.5) is 8.78 Å². The summed E-state index contributed by atoms with van der Waals surface area (Å²) >= 11 is 5.07. The Morgan fingerprint density at radius 1 is 1.36 bits per heavy atom. The summed E-state index contributed by atoms with van der Waals surface area (Å²) in [5, 5.41) is 15.4. The van der Waals surface area contributed by atoms with Crippen LogP contribution < -0.4 is 0 Å². The van der Waals surface area contributed by atoms with Gasteiger partial charge in [0.25, 0.3) is 6.43 Å². The molecule has 11 heavy (non-hydrogen) atoms. The molecular weight excluding hydrogens is 182 g/mol. The van der Waals surface area contributed by atoms with Crippen molar-refractivity contribution in [1.82, 2.24) is 0 Å². The van der Waals surface area contributed by atoms with Crippen molar-refractivity contribution >= 4 is 17.9 Å². The van der Waals surface area contributed by atoms with E-state index in [4.69, 9.17) is 21.8 Å². The summed E-state index contributed by atoms with van der Waals surface area (Å²) in [6, 6.07) is 0. The second-order valence-corrected chi connectivity index (χ2v) is 2.40. The molecule has 66 valence electrons. The van der Waals surface area contributed by atoms with E-state index in [1.807, 2.05) is 0 Å². The van der Waals surface area contributed by atoms with Gasteiger partial charge in [-0.2, -0.15) is 0 Å². The van der Waals surface area contributed by atoms with Gasteiger partial charge < -0.3 is 15.0 Å². The summed E-state index contributed by atoms with van der Waals surface area (Å²) in [5.74, 6) is 0. The molecule has 0 spiro atoms. The number of aldehydes is 1. The first-order valence-corrected chi connectivity index (χ1v) is 3.18. The highest BCUT2D eigenvalue weighted by Gasteiger charge is 2.31. The lowest BCUT2D eigenvalue weighted by molar-refractivity contribution is -0.117. The van der Waals surface area contributed by atoms with Crippen LogP contribution in [-0.2, 0) is 4.79 Å². The van der Waals surface area contributed by atoms with Crippen LogP contribution in [0.25, 0.3) is 0 Å². The summed E-state index contributed by atoms with van der Waals surface area (Å²) < 4.78 is 23.2. The molecule has 0 unspecified atom stereocenters. The summed E-state index contributed by atoms with van der Waals surface area (Å²) in [6.07, 6.45) is -7.02. The molecule has 3 nitrogen and oxygen atoms in total. The van der Waals surface area contributed by atoms with Crippen molar-refractivity contribution in [2.75, 3.05) is 0 Å². The molecule has 3 atom stereocenters. The molecule has 0 saturated heterocycles. The monoisotopic (exact) mass is 188 g/mol. The van der Waals surface area contributed by atoms with Gasteiger partial charge in [-0.1, -0.05) is 0 Å². The van der Waals surface area contributed by atoms with E-state index in [0.717, 1.165) is 0 Å². The molecule has 0 aromatic heterocycles. The van der Waals surface area contributed by atoms with E-state index in [2.05, 4.69) is 0 Å². The largest absolute Gasteiger partial charge is 0.385 e. The fourth-order valence-electron chi connectivity index (χ4n) is 0.416. The zero-order valence-electron chi connectivity index (χ0n) is 5.32. The smallest absolute Gasteiger partial charge is 0.265 e. The third-order valence-corrected chi connectivity index (χ3v) is 1.57. The van der Waals surface area contributed by atoms with Crippen LogP contribution in [0.1, 0.15) is 0 Å². The quantitative estimate of drug-likeness (QED) is 0.474. The maximum absolute atomic E-state index is 11.6. The van der Waals surface area contributed by atoms with Crippen molar-refractivity contribution in [1.29, 1.82) is 0 Å². The third-order valence-electron chi connectivity index (χ3n) is 1.05. The second kappa shape index (κ2) is 4.58. The highest BCUT2D eigenvalue weighted by atomic mass is 35.5. The first-order valence-electron chi connectivity index (χ1n) is 2.74. The predicted molar refractivity (Wildman–Crippen MR) is 33.7 cm³/mol. The maximum Gasteiger partial charge on any atom is 0.265 e. The highest BCUT2D eigenvalue weighted by molar-refractivity contribution is 6.22. The average Bonchev–Trinajstić information content (AvgIpc) is 2.00. The number of hydrogen-bond acceptors (Lipinski definition) is 3. The molecule has 0 aliphatic carbocycles. The van der Waals surface area contributed by atoms with E-state index >= 15 is 0 Å². The lowest BCUT2D eigenvalue weighted by atomic mass is 10.2. The van der Waals surface area contributed by atoms with Crippen molar-refractivity contribution in [2.45, 2.75) is 24.0 Å². The number of aliphatic hydroxyl groups excluding tert-OH is 2. The standard InChI is InChI=1S/C5H7ClF2O3/c6-3(2(10)1-9)4(11)5(7)8/h1-5,10-11H/t2-,3-,4-/m0/s1. The number of aliphatic hydroxyl groups is 2. The Hall–Kier alpha value is -0.260. The van der Waals surface area contributed by atoms with Crippen molar-refractivity contribution in [2.24, 2.45) is 0 Å². The Balaban J connectivity index is 4.00. The summed E-state index contributed by atoms with van der Waals surface area (Å²) in [6.45, 7) is 0. The van der Waals surface area contributed by atoms with Gasteiger partial charge in [-0.25, -0.2) is 8.78 Å². The lowest BCUT2D eigenvalue weighted by Gasteiger charge is -2.16. The first-order chi connectivity index (χ1) is 5.00. The van der Waals surface area contributed by atoms with E-state index in [1.165, 1.54) is 0 Å². The fourth-order valence-corrected chi connectivity index (χ4v) is 0.585. The van der Waals surface area contributed by atoms with E-state index in [9.17, 15) is 13.6 Å². The van der Waals surface area contributed by atoms with Crippen molar-refractivity contribution in [3.63, 3.8) is 0 Å². The van der Waals surface area contributed by atoms with Crippen LogP contribution in [-0.4, -0.2) is 40.5 Å². The molecule has 0 bridgehead atoms. The zero-order valence-corrected chi connectivity index (χ0v) is 6.08. The molecule has 0 heterocycles. The topological polar surface area (TPSA) is 57.5 Å². The van der Waals surface area contributed by atoms with Crippen LogP contribution in [0.15, 0.2) is 0 Å². The van der Waals surface area contributed by atoms with Crippen LogP contribution >= 0.6 is 11.6 Å². The normalized spacial score (nSPS) is 19.5. The van der Waals surface area contributed by atoms with Gasteiger partial charge in [0, 0.05) is 0 Å². The van der Waals surface area contributed by atoms with Crippen LogP contribution in [0.3, 0.4) is 0 Å². The molecule has 0 aromatic rings. The van der Waals surface area contributed by atoms with Crippen molar-refractivity contribution in [3.05, 3.63) is 0 Å². The maximum atomic E-state index is 11.6. The molecular formula is C5H7ClF2O3. The van der Waals surface area contributed by atoms with E-state index in [0.29, 0.717) is 0 Å². The minimum absolute atomic E-state index is 0.0106. The van der Waals surface area contributed by atoms with Gasteiger partial charge in [0.05, 0.1) is 5.38 Å². The van der Waals surface area contributed by atoms with Crippen molar-refractivity contribution < 1.29 is 23.8 Å². The van der Waals surface area contributed by atoms with E-state index in [-0.39, 0.29) is 6.29 Å². The average molecular weight is 189 g/mol. The van der Waals surface area contributed by atoms with Crippen LogP contribution in [0.2, 0.25) is 0 Å². The Labute approximate surface area is 66.6 Å². The van der Waals surface area contributed by atoms with Gasteiger partial charge >= 0.3 is 0 Å². The minimum Gasteiger partial charge on any atom is -0.385 e. The van der Waals surface area contributed by atoms with Gasteiger partial charge in [0.15, 0.2) is 0 Å². The molecule has 0 saturated carbocycles. The highest BCUT2D eigenvalue weighted by Crippen LogP contribution is 2.13. The van der Waals surface area contributed by atoms with Crippen LogP contribution in [0.5, 0.6) is 0 Å². The summed E-state index contributed by atoms with van der Waals surface area (Å²) in [7, 11) is 0. The summed E-state index contributed by atoms with van der Waals surface area (Å²) in [5.41, 5.74) is 0. The third kappa shape index (κ3) is 3.09. The number of rotatable bonds is 4. The number of carbonyl (C=O) groups excluding carboxylic acids is 1. The van der Waals surface area contributed by atoms with Crippen molar-refractivity contribution in [3.8, 4) is 0 Å². The minimum atomic E-state index is -3.06. The Morgan fingerprint density at radius 2 is 1.82 bits per heavy atom. The fraction of sp³-hybridized carbons (Fsp3) is 0.800. The molecule has 0 aromatic carbocycles. The number of carbonyl (C=O) groups is 1. The SMILES string of the molecule is O=C[C@H](O)[C@H](Cl)[C@H](O)C(F)F. The first kappa shape index (κ1) is 10.7. The predicted octanol–water partition coefficient (Wildman–Crippen LogP) is -0.220. The van der Waals surface area contributed by atoms with Gasteiger partial charge in [0.1, 0.15) is 18.5 Å². The zero-order chi connectivity index (χ0) is 9.02. The van der Waals surface area contributed by atoms with Crippen LogP contribution in [0, 0.1) is 0 Å². The molecule has 0 aliphatic heterocycles. The Kier molecular flexibility index (Phi) is 4.48. The molecule has 0 radical (unpaired) electrons. The Bertz CT molecular complexity index is 133. The second-order valence-electron chi connectivity index (χ2n) is 1.90. The van der Waals surface area contributed by atoms with Gasteiger partial charge in [-0.15, -0.1) is 11.6 Å². The van der Waals surface area contributed by atoms with Gasteiger partial charge in [-0.3, -0.25) is 0 Å². The molecule has 0 aliphatic rings. The van der Waals surface area contributed by atoms with E-state index < -0.39 is 24.0 Å². The molecule has 6 heteroatoms. The van der Waals surface area contributed by atoms with Gasteiger partial charge in [0.2, 0.25) is 0 Å². The molecule has 0 rings (SSSR count). The number of alkyl halides is 3. The number of hydrogen-bond donors (Lipinski definition) is 2. The molecule has 0 amide bonds. The molecule has 0 fully saturated rings. The Morgan fingerprint density at radius 3 is 2.09 bits per heavy atom. The lowest BCUT2D eigenvalue weighted by Crippen LogP contribution is -2.38. The van der Waals surface area contributed by atoms with E-state index in [1.54, 1.807) is 0 Å². The molecule has 2 N–H and O–H groups in total. The van der Waals surface area contributed by atoms with Gasteiger partial charge in [-0.05, 0) is 0 Å². The number of halogens is 3.